The lowest BCUT2D eigenvalue weighted by molar-refractivity contribution is 0.0341. The Morgan fingerprint density at radius 3 is 2.90 bits per heavy atom. The van der Waals surface area contributed by atoms with Crippen LogP contribution >= 0.6 is 27.3 Å². The molecule has 3 nitrogen and oxygen atoms in total. The molecule has 1 aliphatic rings. The maximum Gasteiger partial charge on any atom is 0.0702 e. The van der Waals surface area contributed by atoms with Gasteiger partial charge in [-0.1, -0.05) is 6.92 Å². The average molecular weight is 361 g/mol. The van der Waals surface area contributed by atoms with Gasteiger partial charge in [0, 0.05) is 24.1 Å². The molecule has 5 heteroatoms. The van der Waals surface area contributed by atoms with E-state index < -0.39 is 0 Å². The van der Waals surface area contributed by atoms with Crippen LogP contribution in [0.4, 0.5) is 0 Å². The number of halogens is 1. The first-order chi connectivity index (χ1) is 9.61. The molecular formula is C15H25BrN2OS. The summed E-state index contributed by atoms with van der Waals surface area (Å²) in [5.74, 6) is 0.642. The Labute approximate surface area is 134 Å². The van der Waals surface area contributed by atoms with Crippen LogP contribution in [0.15, 0.2) is 15.9 Å². The van der Waals surface area contributed by atoms with Gasteiger partial charge in [0.05, 0.1) is 16.4 Å². The highest BCUT2D eigenvalue weighted by molar-refractivity contribution is 9.11. The minimum atomic E-state index is 0.176. The van der Waals surface area contributed by atoms with Gasteiger partial charge >= 0.3 is 0 Å². The largest absolute Gasteiger partial charge is 0.381 e. The monoisotopic (exact) mass is 360 g/mol. The Morgan fingerprint density at radius 2 is 2.35 bits per heavy atom. The minimum absolute atomic E-state index is 0.176. The fourth-order valence-corrected chi connectivity index (χ4v) is 4.60. The summed E-state index contributed by atoms with van der Waals surface area (Å²) in [6.07, 6.45) is 3.45. The molecule has 2 N–H and O–H groups in total. The van der Waals surface area contributed by atoms with E-state index in [1.807, 2.05) is 0 Å². The van der Waals surface area contributed by atoms with Crippen molar-refractivity contribution in [2.75, 3.05) is 26.8 Å². The van der Waals surface area contributed by atoms with Gasteiger partial charge in [0.2, 0.25) is 0 Å². The lowest BCUT2D eigenvalue weighted by atomic mass is 9.98. The Balaban J connectivity index is 2.05. The molecule has 1 aliphatic heterocycles. The van der Waals surface area contributed by atoms with Gasteiger partial charge in [0.25, 0.3) is 0 Å². The maximum atomic E-state index is 6.38. The number of nitrogens with zero attached hydrogens (tertiary/aromatic N) is 1. The van der Waals surface area contributed by atoms with Crippen molar-refractivity contribution in [2.45, 2.75) is 38.3 Å². The van der Waals surface area contributed by atoms with Crippen molar-refractivity contribution in [3.63, 3.8) is 0 Å². The average Bonchev–Trinajstić information content (AvgIpc) is 2.86. The predicted molar refractivity (Wildman–Crippen MR) is 89.2 cm³/mol. The van der Waals surface area contributed by atoms with Crippen LogP contribution in [-0.2, 0) is 4.74 Å². The Kier molecular flexibility index (Phi) is 6.49. The van der Waals surface area contributed by atoms with Gasteiger partial charge in [-0.05, 0) is 60.3 Å². The van der Waals surface area contributed by atoms with Crippen molar-refractivity contribution in [1.82, 2.24) is 4.90 Å². The summed E-state index contributed by atoms with van der Waals surface area (Å²) in [4.78, 5) is 3.77. The Hall–Kier alpha value is 0.0600. The Bertz CT molecular complexity index is 406. The molecule has 2 heterocycles. The highest BCUT2D eigenvalue weighted by atomic mass is 79.9. The van der Waals surface area contributed by atoms with Crippen molar-refractivity contribution in [3.8, 4) is 0 Å². The summed E-state index contributed by atoms with van der Waals surface area (Å²) in [6.45, 7) is 5.05. The summed E-state index contributed by atoms with van der Waals surface area (Å²) in [5.41, 5.74) is 6.38. The SMILES string of the molecule is CCC(N)C(c1ccc(Br)s1)N(C)CC1CCCOC1. The van der Waals surface area contributed by atoms with Gasteiger partial charge in [-0.25, -0.2) is 0 Å². The molecule has 1 fully saturated rings. The van der Waals surface area contributed by atoms with E-state index in [0.717, 1.165) is 26.2 Å². The van der Waals surface area contributed by atoms with Crippen molar-refractivity contribution < 1.29 is 4.74 Å². The zero-order valence-electron chi connectivity index (χ0n) is 12.3. The minimum Gasteiger partial charge on any atom is -0.381 e. The highest BCUT2D eigenvalue weighted by Gasteiger charge is 2.27. The van der Waals surface area contributed by atoms with Crippen LogP contribution in [0.25, 0.3) is 0 Å². The van der Waals surface area contributed by atoms with Crippen LogP contribution in [0.1, 0.15) is 37.1 Å². The lowest BCUT2D eigenvalue weighted by Crippen LogP contribution is -2.41. The zero-order chi connectivity index (χ0) is 14.5. The molecule has 0 radical (unpaired) electrons. The fraction of sp³-hybridized carbons (Fsp3) is 0.733. The van der Waals surface area contributed by atoms with Crippen molar-refractivity contribution >= 4 is 27.3 Å². The van der Waals surface area contributed by atoms with E-state index in [0.29, 0.717) is 12.0 Å². The van der Waals surface area contributed by atoms with Crippen LogP contribution in [0.2, 0.25) is 0 Å². The molecule has 3 unspecified atom stereocenters. The van der Waals surface area contributed by atoms with Gasteiger partial charge in [-0.15, -0.1) is 11.3 Å². The van der Waals surface area contributed by atoms with E-state index in [2.05, 4.69) is 46.9 Å². The van der Waals surface area contributed by atoms with Crippen LogP contribution in [0.3, 0.4) is 0 Å². The number of thiophene rings is 1. The molecule has 0 bridgehead atoms. The van der Waals surface area contributed by atoms with E-state index in [1.54, 1.807) is 11.3 Å². The fourth-order valence-electron chi connectivity index (χ4n) is 2.94. The van der Waals surface area contributed by atoms with E-state index in [1.165, 1.54) is 21.5 Å². The molecule has 0 aromatic carbocycles. The first-order valence-corrected chi connectivity index (χ1v) is 9.01. The molecule has 2 rings (SSSR count). The number of hydrogen-bond donors (Lipinski definition) is 1. The molecule has 0 amide bonds. The van der Waals surface area contributed by atoms with Gasteiger partial charge in [-0.3, -0.25) is 4.90 Å². The highest BCUT2D eigenvalue weighted by Crippen LogP contribution is 2.33. The zero-order valence-corrected chi connectivity index (χ0v) is 14.8. The summed E-state index contributed by atoms with van der Waals surface area (Å²) >= 11 is 5.35. The van der Waals surface area contributed by atoms with Crippen LogP contribution in [0.5, 0.6) is 0 Å². The third-order valence-corrected chi connectivity index (χ3v) is 5.73. The number of rotatable bonds is 6. The Morgan fingerprint density at radius 1 is 1.55 bits per heavy atom. The number of likely N-dealkylation sites (N-methyl/N-ethyl adjacent to an activating group) is 1. The van der Waals surface area contributed by atoms with Crippen LogP contribution in [-0.4, -0.2) is 37.7 Å². The first-order valence-electron chi connectivity index (χ1n) is 7.40. The summed E-state index contributed by atoms with van der Waals surface area (Å²) in [6, 6.07) is 4.80. The van der Waals surface area contributed by atoms with Gasteiger partial charge in [-0.2, -0.15) is 0 Å². The molecule has 1 aromatic heterocycles. The maximum absolute atomic E-state index is 6.38. The molecule has 1 aromatic rings. The summed E-state index contributed by atoms with van der Waals surface area (Å²) in [7, 11) is 2.20. The molecule has 3 atom stereocenters. The summed E-state index contributed by atoms with van der Waals surface area (Å²) in [5, 5.41) is 0. The van der Waals surface area contributed by atoms with Crippen LogP contribution in [0, 0.1) is 5.92 Å². The molecule has 0 saturated carbocycles. The van der Waals surface area contributed by atoms with E-state index in [-0.39, 0.29) is 6.04 Å². The van der Waals surface area contributed by atoms with Gasteiger partial charge in [0.1, 0.15) is 0 Å². The second-order valence-electron chi connectivity index (χ2n) is 5.68. The van der Waals surface area contributed by atoms with E-state index in [9.17, 15) is 0 Å². The number of hydrogen-bond acceptors (Lipinski definition) is 4. The molecule has 0 spiro atoms. The molecular weight excluding hydrogens is 336 g/mol. The quantitative estimate of drug-likeness (QED) is 0.841. The third kappa shape index (κ3) is 4.28. The molecule has 114 valence electrons. The second-order valence-corrected chi connectivity index (χ2v) is 8.18. The molecule has 20 heavy (non-hydrogen) atoms. The summed E-state index contributed by atoms with van der Waals surface area (Å²) < 4.78 is 6.77. The van der Waals surface area contributed by atoms with Gasteiger partial charge in [0.15, 0.2) is 0 Å². The normalized spacial score (nSPS) is 22.9. The van der Waals surface area contributed by atoms with Gasteiger partial charge < -0.3 is 10.5 Å². The number of nitrogens with two attached hydrogens (primary N) is 1. The first kappa shape index (κ1) is 16.4. The van der Waals surface area contributed by atoms with Crippen molar-refractivity contribution in [2.24, 2.45) is 11.7 Å². The molecule has 0 aliphatic carbocycles. The topological polar surface area (TPSA) is 38.5 Å². The van der Waals surface area contributed by atoms with Crippen molar-refractivity contribution in [1.29, 1.82) is 0 Å². The smallest absolute Gasteiger partial charge is 0.0702 e. The third-order valence-electron chi connectivity index (χ3n) is 4.04. The second kappa shape index (κ2) is 7.90. The predicted octanol–water partition coefficient (Wildman–Crippen LogP) is 3.65. The lowest BCUT2D eigenvalue weighted by Gasteiger charge is -2.35. The number of ether oxygens (including phenoxy) is 1. The van der Waals surface area contributed by atoms with E-state index in [4.69, 9.17) is 10.5 Å². The standard InChI is InChI=1S/C15H25BrN2OS/c1-3-12(17)15(13-6-7-14(16)20-13)18(2)9-11-5-4-8-19-10-11/h6-7,11-12,15H,3-5,8-10,17H2,1-2H3. The van der Waals surface area contributed by atoms with E-state index >= 15 is 0 Å². The van der Waals surface area contributed by atoms with Crippen molar-refractivity contribution in [3.05, 3.63) is 20.8 Å². The molecule has 1 saturated heterocycles. The van der Waals surface area contributed by atoms with Crippen LogP contribution < -0.4 is 5.73 Å².